The summed E-state index contributed by atoms with van der Waals surface area (Å²) in [6.07, 6.45) is 9.36. The summed E-state index contributed by atoms with van der Waals surface area (Å²) < 4.78 is 2.10. The van der Waals surface area contributed by atoms with E-state index < -0.39 is 11.8 Å². The summed E-state index contributed by atoms with van der Waals surface area (Å²) in [6.45, 7) is 11.6. The molecule has 0 atom stereocenters. The lowest BCUT2D eigenvalue weighted by atomic mass is 9.99. The van der Waals surface area contributed by atoms with Crippen molar-refractivity contribution in [3.63, 3.8) is 0 Å². The Morgan fingerprint density at radius 3 is 2.16 bits per heavy atom. The van der Waals surface area contributed by atoms with Gasteiger partial charge in [-0.15, -0.1) is 0 Å². The highest BCUT2D eigenvalue weighted by molar-refractivity contribution is 8.14. The number of aliphatic imine (C=N–C) groups is 1. The lowest BCUT2D eigenvalue weighted by Crippen LogP contribution is -2.42. The van der Waals surface area contributed by atoms with E-state index in [2.05, 4.69) is 52.6 Å². The van der Waals surface area contributed by atoms with Crippen molar-refractivity contribution in [2.24, 2.45) is 4.99 Å². The number of amidine groups is 1. The van der Waals surface area contributed by atoms with Gasteiger partial charge >= 0.3 is 0 Å². The number of benzene rings is 3. The summed E-state index contributed by atoms with van der Waals surface area (Å²) in [5, 5.41) is 3.25. The molecule has 1 aromatic heterocycles. The minimum atomic E-state index is -0.657. The Bertz CT molecular complexity index is 1930. The van der Waals surface area contributed by atoms with E-state index in [9.17, 15) is 14.4 Å². The van der Waals surface area contributed by atoms with Crippen molar-refractivity contribution >= 4 is 40.7 Å². The first kappa shape index (κ1) is 34.9. The van der Waals surface area contributed by atoms with Gasteiger partial charge in [0.05, 0.1) is 11.8 Å². The third-order valence-electron chi connectivity index (χ3n) is 8.29. The number of rotatable bonds is 11. The topological polar surface area (TPSA) is 83.8 Å². The molecule has 0 bridgehead atoms. The molecule has 248 valence electrons. The van der Waals surface area contributed by atoms with E-state index in [1.165, 1.54) is 10.5 Å². The van der Waals surface area contributed by atoms with Crippen molar-refractivity contribution < 1.29 is 14.4 Å². The molecule has 3 aromatic carbocycles. The largest absolute Gasteiger partial charge is 0.344 e. The minimum Gasteiger partial charge on any atom is -0.344 e. The first-order valence-electron chi connectivity index (χ1n) is 16.2. The lowest BCUT2D eigenvalue weighted by Gasteiger charge is -2.28. The summed E-state index contributed by atoms with van der Waals surface area (Å²) in [7, 11) is 0. The molecule has 4 aromatic rings. The Morgan fingerprint density at radius 1 is 0.959 bits per heavy atom. The van der Waals surface area contributed by atoms with Crippen LogP contribution < -0.4 is 5.32 Å². The van der Waals surface area contributed by atoms with Crippen LogP contribution in [0.2, 0.25) is 0 Å². The number of nitrogens with one attached hydrogen (secondary N) is 1. The van der Waals surface area contributed by atoms with Gasteiger partial charge in [0, 0.05) is 22.8 Å². The molecule has 1 aliphatic heterocycles. The number of carbonyl (C=O) groups excluding carboxylic acids is 3. The first-order chi connectivity index (χ1) is 23.7. The van der Waals surface area contributed by atoms with Crippen LogP contribution in [0.4, 0.5) is 0 Å². The summed E-state index contributed by atoms with van der Waals surface area (Å²) >= 11 is 1.04. The van der Waals surface area contributed by atoms with Gasteiger partial charge in [0.2, 0.25) is 5.91 Å². The second-order valence-electron chi connectivity index (χ2n) is 11.5. The maximum Gasteiger partial charge on any atom is 0.285 e. The van der Waals surface area contributed by atoms with Crippen molar-refractivity contribution in [2.45, 2.75) is 40.2 Å². The molecular formula is C41H40N4O3S. The number of thioether (sulfide) groups is 1. The molecule has 8 heteroatoms. The number of hydrogen-bond donors (Lipinski definition) is 1. The fourth-order valence-corrected chi connectivity index (χ4v) is 6.57. The number of carbonyl (C=O) groups is 3. The Hall–Kier alpha value is -5.47. The molecule has 2 heterocycles. The molecular weight excluding hydrogens is 629 g/mol. The Kier molecular flexibility index (Phi) is 11.4. The molecule has 0 saturated carbocycles. The van der Waals surface area contributed by atoms with E-state index >= 15 is 0 Å². The van der Waals surface area contributed by atoms with E-state index in [1.807, 2.05) is 80.6 Å². The van der Waals surface area contributed by atoms with Gasteiger partial charge in [-0.1, -0.05) is 116 Å². The van der Waals surface area contributed by atoms with E-state index in [0.717, 1.165) is 51.9 Å². The number of aryl methyl sites for hydroxylation is 2. The van der Waals surface area contributed by atoms with E-state index in [4.69, 9.17) is 0 Å². The van der Waals surface area contributed by atoms with Gasteiger partial charge in [-0.05, 0) is 79.8 Å². The molecule has 1 N–H and O–H groups in total. The van der Waals surface area contributed by atoms with Crippen molar-refractivity contribution in [1.29, 1.82) is 0 Å². The highest BCUT2D eigenvalue weighted by Gasteiger charge is 2.35. The third-order valence-corrected chi connectivity index (χ3v) is 9.22. The Morgan fingerprint density at radius 2 is 1.59 bits per heavy atom. The lowest BCUT2D eigenvalue weighted by molar-refractivity contribution is -0.126. The van der Waals surface area contributed by atoms with Crippen molar-refractivity contribution in [3.8, 4) is 5.69 Å². The van der Waals surface area contributed by atoms with E-state index in [-0.39, 0.29) is 28.4 Å². The zero-order chi connectivity index (χ0) is 34.9. The molecule has 0 fully saturated rings. The average molecular weight is 669 g/mol. The van der Waals surface area contributed by atoms with Crippen molar-refractivity contribution in [1.82, 2.24) is 14.8 Å². The maximum atomic E-state index is 14.2. The van der Waals surface area contributed by atoms with Crippen molar-refractivity contribution in [2.75, 3.05) is 5.75 Å². The molecule has 0 spiro atoms. The van der Waals surface area contributed by atoms with Gasteiger partial charge < -0.3 is 9.88 Å². The van der Waals surface area contributed by atoms with Crippen LogP contribution in [0.5, 0.6) is 0 Å². The highest BCUT2D eigenvalue weighted by atomic mass is 32.2. The average Bonchev–Trinajstić information content (AvgIpc) is 3.41. The zero-order valence-corrected chi connectivity index (χ0v) is 29.0. The van der Waals surface area contributed by atoms with Gasteiger partial charge in [0.15, 0.2) is 5.17 Å². The number of nitrogens with zero attached hydrogens (tertiary/aromatic N) is 3. The molecule has 0 radical (unpaired) electrons. The van der Waals surface area contributed by atoms with Crippen molar-refractivity contribution in [3.05, 3.63) is 167 Å². The Labute approximate surface area is 292 Å². The van der Waals surface area contributed by atoms with Gasteiger partial charge in [-0.3, -0.25) is 19.3 Å². The van der Waals surface area contributed by atoms with Crippen LogP contribution >= 0.6 is 11.8 Å². The molecule has 0 aliphatic carbocycles. The number of amides is 3. The third kappa shape index (κ3) is 7.99. The van der Waals surface area contributed by atoms with Crippen LogP contribution in [0, 0.1) is 13.8 Å². The van der Waals surface area contributed by atoms with Crippen LogP contribution in [0.15, 0.2) is 138 Å². The van der Waals surface area contributed by atoms with Crippen LogP contribution in [0.3, 0.4) is 0 Å². The molecule has 3 amide bonds. The monoisotopic (exact) mass is 668 g/mol. The normalized spacial score (nSPS) is 14.6. The zero-order valence-electron chi connectivity index (χ0n) is 28.2. The smallest absolute Gasteiger partial charge is 0.285 e. The Balaban J connectivity index is 1.44. The summed E-state index contributed by atoms with van der Waals surface area (Å²) in [6, 6.07) is 29.4. The number of aromatic nitrogens is 1. The number of hydrogen-bond acceptors (Lipinski definition) is 4. The molecule has 0 saturated heterocycles. The van der Waals surface area contributed by atoms with E-state index in [0.29, 0.717) is 5.70 Å². The molecule has 1 aliphatic rings. The predicted octanol–water partition coefficient (Wildman–Crippen LogP) is 8.05. The first-order valence-corrected chi connectivity index (χ1v) is 17.2. The standard InChI is InChI=1S/C41H40N4O3S/c1-6-9-20-34(8-3)45-40(48)36(26-33-25-28(4)44(29(33)5)35-23-21-30(7-2)22-24-35)39(47)43-41(45)49-27-37(46)42-38(31-16-12-10-13-17-31)32-18-14-11-15-19-32/h6,8-26,38H,1,7,27H2,2-5H3,(H,42,46)/b20-9-,34-8+,36-26+. The molecule has 7 nitrogen and oxygen atoms in total. The van der Waals surface area contributed by atoms with Crippen LogP contribution in [-0.4, -0.2) is 38.1 Å². The molecule has 0 unspecified atom stereocenters. The molecule has 5 rings (SSSR count). The van der Waals surface area contributed by atoms with Crippen LogP contribution in [-0.2, 0) is 20.8 Å². The predicted molar refractivity (Wildman–Crippen MR) is 200 cm³/mol. The van der Waals surface area contributed by atoms with Crippen LogP contribution in [0.25, 0.3) is 11.8 Å². The molecule has 49 heavy (non-hydrogen) atoms. The maximum absolute atomic E-state index is 14.2. The second kappa shape index (κ2) is 16.1. The van der Waals surface area contributed by atoms with Gasteiger partial charge in [0.25, 0.3) is 11.8 Å². The SMILES string of the molecule is C=C/C=C\C(=C/C)N1C(=O)/C(=C/c2cc(C)n(-c3ccc(CC)cc3)c2C)C(=O)N=C1SCC(=O)NC(c1ccccc1)c1ccccc1. The van der Waals surface area contributed by atoms with Gasteiger partial charge in [0.1, 0.15) is 5.57 Å². The van der Waals surface area contributed by atoms with Crippen LogP contribution in [0.1, 0.15) is 53.5 Å². The summed E-state index contributed by atoms with van der Waals surface area (Å²) in [5.41, 5.74) is 7.18. The minimum absolute atomic E-state index is 0.0602. The fraction of sp³-hybridized carbons (Fsp3) is 0.171. The van der Waals surface area contributed by atoms with E-state index in [1.54, 1.807) is 37.3 Å². The summed E-state index contributed by atoms with van der Waals surface area (Å²) in [5.74, 6) is -1.51. The van der Waals surface area contributed by atoms with Gasteiger partial charge in [-0.2, -0.15) is 4.99 Å². The summed E-state index contributed by atoms with van der Waals surface area (Å²) in [4.78, 5) is 46.9. The fourth-order valence-electron chi connectivity index (χ4n) is 5.76. The number of allylic oxidation sites excluding steroid dienone is 4. The highest BCUT2D eigenvalue weighted by Crippen LogP contribution is 2.29. The second-order valence-corrected chi connectivity index (χ2v) is 12.4. The van der Waals surface area contributed by atoms with Gasteiger partial charge in [-0.25, -0.2) is 0 Å². The quantitative estimate of drug-likeness (QED) is 0.0996.